The van der Waals surface area contributed by atoms with Gasteiger partial charge in [0.1, 0.15) is 0 Å². The summed E-state index contributed by atoms with van der Waals surface area (Å²) in [6, 6.07) is 20.4. The Labute approximate surface area is 185 Å². The fraction of sp³-hybridized carbons (Fsp3) is 0.0952. The highest BCUT2D eigenvalue weighted by Crippen LogP contribution is 2.27. The lowest BCUT2D eigenvalue weighted by molar-refractivity contribution is -0.113. The van der Waals surface area contributed by atoms with E-state index in [0.29, 0.717) is 11.4 Å². The number of aryl methyl sites for hydroxylation is 1. The van der Waals surface area contributed by atoms with E-state index in [9.17, 15) is 13.2 Å². The highest BCUT2D eigenvalue weighted by molar-refractivity contribution is 8.00. The van der Waals surface area contributed by atoms with E-state index in [0.717, 1.165) is 10.5 Å². The van der Waals surface area contributed by atoms with E-state index in [4.69, 9.17) is 4.18 Å². The summed E-state index contributed by atoms with van der Waals surface area (Å²) >= 11 is 5.16. The zero-order valence-corrected chi connectivity index (χ0v) is 18.6. The Morgan fingerprint density at radius 1 is 1.00 bits per heavy atom. The average molecular weight is 461 g/mol. The molecular weight excluding hydrogens is 440 g/mol. The number of thioether (sulfide) groups is 1. The van der Waals surface area contributed by atoms with Crippen molar-refractivity contribution in [1.82, 2.24) is 0 Å². The molecule has 3 aromatic rings. The molecule has 6 nitrogen and oxygen atoms in total. The number of sulfonamides is 1. The Kier molecular flexibility index (Phi) is 7.30. The molecule has 0 fully saturated rings. The van der Waals surface area contributed by atoms with Crippen molar-refractivity contribution in [3.8, 4) is 5.75 Å². The van der Waals surface area contributed by atoms with Gasteiger partial charge >= 0.3 is 0 Å². The maximum absolute atomic E-state index is 12.6. The molecule has 0 unspecified atom stereocenters. The molecule has 9 heteroatoms. The van der Waals surface area contributed by atoms with E-state index < -0.39 is 10.0 Å². The molecule has 0 aliphatic heterocycles. The van der Waals surface area contributed by atoms with E-state index in [1.165, 1.54) is 23.9 Å². The molecule has 0 radical (unpaired) electrons. The van der Waals surface area contributed by atoms with Gasteiger partial charge in [-0.25, -0.2) is 8.42 Å². The Hall–Kier alpha value is -2.62. The molecule has 0 aliphatic rings. The highest BCUT2D eigenvalue weighted by atomic mass is 32.2. The number of thiol groups is 1. The summed E-state index contributed by atoms with van der Waals surface area (Å²) in [4.78, 5) is 13.2. The van der Waals surface area contributed by atoms with Crippen LogP contribution in [0, 0.1) is 6.92 Å². The number of anilines is 2. The predicted molar refractivity (Wildman–Crippen MR) is 124 cm³/mol. The molecule has 0 aliphatic carbocycles. The van der Waals surface area contributed by atoms with Gasteiger partial charge < -0.3 is 9.50 Å². The number of benzene rings is 3. The first-order valence-corrected chi connectivity index (χ1v) is 11.7. The lowest BCUT2D eigenvalue weighted by Crippen LogP contribution is -2.15. The van der Waals surface area contributed by atoms with Crippen molar-refractivity contribution < 1.29 is 17.4 Å². The molecule has 3 rings (SSSR count). The second-order valence-electron chi connectivity index (χ2n) is 6.37. The van der Waals surface area contributed by atoms with Gasteiger partial charge in [0, 0.05) is 23.5 Å². The molecule has 30 heavy (non-hydrogen) atoms. The molecule has 0 saturated heterocycles. The van der Waals surface area contributed by atoms with Crippen LogP contribution in [0.3, 0.4) is 0 Å². The van der Waals surface area contributed by atoms with Crippen molar-refractivity contribution in [2.75, 3.05) is 15.8 Å². The van der Waals surface area contributed by atoms with Crippen molar-refractivity contribution in [2.24, 2.45) is 0 Å². The average Bonchev–Trinajstić information content (AvgIpc) is 2.74. The topological polar surface area (TPSA) is 84.5 Å². The number of amides is 1. The van der Waals surface area contributed by atoms with Gasteiger partial charge in [-0.05, 0) is 55.5 Å². The van der Waals surface area contributed by atoms with Gasteiger partial charge in [-0.1, -0.05) is 29.8 Å². The smallest absolute Gasteiger partial charge is 0.262 e. The summed E-state index contributed by atoms with van der Waals surface area (Å²) in [7, 11) is -3.82. The lowest BCUT2D eigenvalue weighted by Gasteiger charge is -2.11. The van der Waals surface area contributed by atoms with Crippen LogP contribution < -0.4 is 14.2 Å². The molecule has 0 heterocycles. The summed E-state index contributed by atoms with van der Waals surface area (Å²) in [5.41, 5.74) is 1.95. The summed E-state index contributed by atoms with van der Waals surface area (Å²) in [5, 5.41) is 2.77. The number of nitrogens with one attached hydrogen (secondary N) is 2. The standard InChI is InChI=1S/C21H20N2O4S3/c1-15-6-10-17(11-7-15)29-14-21(24)22-16-8-12-18(13-9-16)30(25,26)23-19-4-2-3-5-20(19)27-28/h2-13,23,28H,14H2,1H3,(H,22,24). The maximum atomic E-state index is 12.6. The molecule has 1 amide bonds. The van der Waals surface area contributed by atoms with Crippen LogP contribution >= 0.6 is 24.7 Å². The van der Waals surface area contributed by atoms with Gasteiger partial charge in [-0.15, -0.1) is 11.8 Å². The van der Waals surface area contributed by atoms with Crippen LogP contribution in [0.15, 0.2) is 82.6 Å². The number of carbonyl (C=O) groups is 1. The van der Waals surface area contributed by atoms with Crippen LogP contribution in [0.4, 0.5) is 11.4 Å². The minimum Gasteiger partial charge on any atom is -0.427 e. The first kappa shape index (κ1) is 22.1. The number of hydrogen-bond acceptors (Lipinski definition) is 6. The minimum atomic E-state index is -3.82. The first-order valence-electron chi connectivity index (χ1n) is 8.90. The number of rotatable bonds is 8. The van der Waals surface area contributed by atoms with Crippen molar-refractivity contribution in [1.29, 1.82) is 0 Å². The van der Waals surface area contributed by atoms with Gasteiger partial charge in [0.25, 0.3) is 10.0 Å². The van der Waals surface area contributed by atoms with Gasteiger partial charge in [0.2, 0.25) is 5.91 Å². The van der Waals surface area contributed by atoms with E-state index in [1.807, 2.05) is 31.2 Å². The van der Waals surface area contributed by atoms with Crippen LogP contribution in [0.1, 0.15) is 5.56 Å². The highest BCUT2D eigenvalue weighted by Gasteiger charge is 2.16. The number of para-hydroxylation sites is 2. The number of hydrogen-bond donors (Lipinski definition) is 3. The minimum absolute atomic E-state index is 0.0588. The largest absolute Gasteiger partial charge is 0.427 e. The molecule has 0 spiro atoms. The van der Waals surface area contributed by atoms with E-state index in [2.05, 4.69) is 22.9 Å². The molecule has 0 atom stereocenters. The Bertz CT molecular complexity index is 1120. The molecule has 0 aromatic heterocycles. The molecule has 156 valence electrons. The van der Waals surface area contributed by atoms with Crippen LogP contribution in [0.5, 0.6) is 5.75 Å². The fourth-order valence-corrected chi connectivity index (χ4v) is 4.46. The van der Waals surface area contributed by atoms with Crippen LogP contribution in [0.2, 0.25) is 0 Å². The number of carbonyl (C=O) groups excluding carboxylic acids is 1. The fourth-order valence-electron chi connectivity index (χ4n) is 2.53. The summed E-state index contributed by atoms with van der Waals surface area (Å²) in [6.07, 6.45) is 0. The quantitative estimate of drug-likeness (QED) is 0.257. The Morgan fingerprint density at radius 3 is 2.33 bits per heavy atom. The van der Waals surface area contributed by atoms with Crippen LogP contribution in [-0.4, -0.2) is 20.1 Å². The Balaban J connectivity index is 1.61. The van der Waals surface area contributed by atoms with E-state index in [1.54, 1.807) is 36.4 Å². The first-order chi connectivity index (χ1) is 14.4. The maximum Gasteiger partial charge on any atom is 0.262 e. The second-order valence-corrected chi connectivity index (χ2v) is 9.28. The molecule has 2 N–H and O–H groups in total. The zero-order valence-electron chi connectivity index (χ0n) is 16.0. The molecule has 3 aromatic carbocycles. The van der Waals surface area contributed by atoms with Crippen molar-refractivity contribution in [3.05, 3.63) is 78.4 Å². The third-order valence-electron chi connectivity index (χ3n) is 4.07. The van der Waals surface area contributed by atoms with Gasteiger partial charge in [-0.3, -0.25) is 9.52 Å². The molecular formula is C21H20N2O4S3. The SMILES string of the molecule is Cc1ccc(SCC(=O)Nc2ccc(S(=O)(=O)Nc3ccccc3OS)cc2)cc1. The van der Waals surface area contributed by atoms with Gasteiger partial charge in [0.05, 0.1) is 16.3 Å². The summed E-state index contributed by atoms with van der Waals surface area (Å²) in [6.45, 7) is 2.01. The van der Waals surface area contributed by atoms with Gasteiger partial charge in [0.15, 0.2) is 5.75 Å². The van der Waals surface area contributed by atoms with Crippen molar-refractivity contribution in [3.63, 3.8) is 0 Å². The lowest BCUT2D eigenvalue weighted by atomic mass is 10.2. The zero-order chi connectivity index (χ0) is 21.6. The monoisotopic (exact) mass is 460 g/mol. The van der Waals surface area contributed by atoms with Crippen LogP contribution in [-0.2, 0) is 14.8 Å². The molecule has 0 saturated carbocycles. The third-order valence-corrected chi connectivity index (χ3v) is 6.66. The summed E-state index contributed by atoms with van der Waals surface area (Å²) in [5.74, 6) is 0.374. The van der Waals surface area contributed by atoms with Crippen molar-refractivity contribution >= 4 is 52.0 Å². The Morgan fingerprint density at radius 2 is 1.67 bits per heavy atom. The summed E-state index contributed by atoms with van der Waals surface area (Å²) < 4.78 is 32.5. The second kappa shape index (κ2) is 9.92. The molecule has 0 bridgehead atoms. The van der Waals surface area contributed by atoms with E-state index >= 15 is 0 Å². The van der Waals surface area contributed by atoms with Gasteiger partial charge in [-0.2, -0.15) is 0 Å². The third kappa shape index (κ3) is 5.94. The normalized spacial score (nSPS) is 11.0. The van der Waals surface area contributed by atoms with E-state index in [-0.39, 0.29) is 22.2 Å². The van der Waals surface area contributed by atoms with Crippen molar-refractivity contribution in [2.45, 2.75) is 16.7 Å². The van der Waals surface area contributed by atoms with Crippen LogP contribution in [0.25, 0.3) is 0 Å². The predicted octanol–water partition coefficient (Wildman–Crippen LogP) is 4.75.